The van der Waals surface area contributed by atoms with Crippen molar-refractivity contribution >= 4 is 43.9 Å². The molecule has 5 rings (SSSR count). The van der Waals surface area contributed by atoms with E-state index in [1.807, 2.05) is 66.0 Å². The molecule has 0 radical (unpaired) electrons. The molecule has 1 amide bonds. The van der Waals surface area contributed by atoms with Gasteiger partial charge in [0, 0.05) is 10.9 Å². The van der Waals surface area contributed by atoms with Crippen molar-refractivity contribution in [2.24, 2.45) is 0 Å². The van der Waals surface area contributed by atoms with E-state index in [0.29, 0.717) is 10.9 Å². The number of nitrogens with one attached hydrogen (secondary N) is 1. The fourth-order valence-electron chi connectivity index (χ4n) is 3.37. The smallest absolute Gasteiger partial charge is 0.264 e. The molecule has 146 valence electrons. The molecule has 0 saturated carbocycles. The third-order valence-corrected chi connectivity index (χ3v) is 5.64. The van der Waals surface area contributed by atoms with E-state index in [4.69, 9.17) is 4.74 Å². The van der Waals surface area contributed by atoms with Gasteiger partial charge in [0.1, 0.15) is 5.75 Å². The summed E-state index contributed by atoms with van der Waals surface area (Å²) in [7, 11) is 0. The van der Waals surface area contributed by atoms with Crippen LogP contribution in [-0.4, -0.2) is 17.5 Å². The number of carbonyl (C=O) groups is 1. The van der Waals surface area contributed by atoms with Crippen LogP contribution in [0.4, 0.5) is 5.13 Å². The lowest BCUT2D eigenvalue weighted by Gasteiger charge is -2.07. The number of rotatable bonds is 5. The van der Waals surface area contributed by atoms with Crippen molar-refractivity contribution in [1.82, 2.24) is 4.98 Å². The Morgan fingerprint density at radius 2 is 1.50 bits per heavy atom. The van der Waals surface area contributed by atoms with Gasteiger partial charge in [0.25, 0.3) is 5.91 Å². The molecule has 0 saturated heterocycles. The van der Waals surface area contributed by atoms with Crippen molar-refractivity contribution in [1.29, 1.82) is 0 Å². The van der Waals surface area contributed by atoms with Crippen molar-refractivity contribution < 1.29 is 9.53 Å². The number of hydrogen-bond donors (Lipinski definition) is 1. The molecular formula is C25H18N2O2S. The van der Waals surface area contributed by atoms with Crippen molar-refractivity contribution in [2.75, 3.05) is 11.9 Å². The van der Waals surface area contributed by atoms with Crippen LogP contribution in [-0.2, 0) is 4.79 Å². The van der Waals surface area contributed by atoms with E-state index in [1.165, 1.54) is 16.7 Å². The molecule has 0 aliphatic carbocycles. The van der Waals surface area contributed by atoms with Gasteiger partial charge in [0.05, 0.1) is 5.69 Å². The van der Waals surface area contributed by atoms with Crippen molar-refractivity contribution in [3.8, 4) is 17.0 Å². The van der Waals surface area contributed by atoms with Gasteiger partial charge < -0.3 is 4.74 Å². The van der Waals surface area contributed by atoms with Crippen LogP contribution in [0.5, 0.6) is 5.75 Å². The lowest BCUT2D eigenvalue weighted by Crippen LogP contribution is -2.20. The molecular weight excluding hydrogens is 392 g/mol. The van der Waals surface area contributed by atoms with Gasteiger partial charge in [-0.2, -0.15) is 0 Å². The van der Waals surface area contributed by atoms with Crippen LogP contribution in [0.2, 0.25) is 0 Å². The predicted molar refractivity (Wildman–Crippen MR) is 123 cm³/mol. The van der Waals surface area contributed by atoms with E-state index in [1.54, 1.807) is 0 Å². The zero-order valence-corrected chi connectivity index (χ0v) is 16.9. The number of carbonyl (C=O) groups excluding carboxylic acids is 1. The van der Waals surface area contributed by atoms with Crippen LogP contribution in [0.15, 0.2) is 90.3 Å². The first-order valence-corrected chi connectivity index (χ1v) is 10.5. The molecule has 0 bridgehead atoms. The molecule has 0 spiro atoms. The zero-order chi connectivity index (χ0) is 20.3. The van der Waals surface area contributed by atoms with E-state index < -0.39 is 0 Å². The number of thiazole rings is 1. The molecule has 0 atom stereocenters. The van der Waals surface area contributed by atoms with Gasteiger partial charge in [-0.1, -0.05) is 66.7 Å². The Morgan fingerprint density at radius 3 is 2.27 bits per heavy atom. The third kappa shape index (κ3) is 3.88. The highest BCUT2D eigenvalue weighted by atomic mass is 32.1. The highest BCUT2D eigenvalue weighted by Crippen LogP contribution is 2.28. The lowest BCUT2D eigenvalue weighted by molar-refractivity contribution is -0.118. The van der Waals surface area contributed by atoms with Crippen LogP contribution >= 0.6 is 11.3 Å². The first-order valence-electron chi connectivity index (χ1n) is 9.61. The number of aromatic nitrogens is 1. The van der Waals surface area contributed by atoms with E-state index in [-0.39, 0.29) is 12.5 Å². The predicted octanol–water partition coefficient (Wildman–Crippen LogP) is 6.13. The second-order valence-electron chi connectivity index (χ2n) is 6.95. The molecule has 30 heavy (non-hydrogen) atoms. The second kappa shape index (κ2) is 7.97. The van der Waals surface area contributed by atoms with Crippen LogP contribution in [0, 0.1) is 0 Å². The highest BCUT2D eigenvalue weighted by molar-refractivity contribution is 7.14. The summed E-state index contributed by atoms with van der Waals surface area (Å²) < 4.78 is 5.65. The van der Waals surface area contributed by atoms with E-state index in [2.05, 4.69) is 34.6 Å². The fraction of sp³-hybridized carbons (Fsp3) is 0.0400. The second-order valence-corrected chi connectivity index (χ2v) is 7.80. The highest BCUT2D eigenvalue weighted by Gasteiger charge is 2.10. The molecule has 5 aromatic rings. The Morgan fingerprint density at radius 1 is 0.833 bits per heavy atom. The fourth-order valence-corrected chi connectivity index (χ4v) is 4.11. The topological polar surface area (TPSA) is 51.2 Å². The van der Waals surface area contributed by atoms with Crippen molar-refractivity contribution in [3.05, 3.63) is 90.3 Å². The van der Waals surface area contributed by atoms with Crippen LogP contribution in [0.3, 0.4) is 0 Å². The number of amides is 1. The Kier molecular flexibility index (Phi) is 4.87. The Balaban J connectivity index is 1.24. The van der Waals surface area contributed by atoms with Crippen LogP contribution in [0.1, 0.15) is 0 Å². The SMILES string of the molecule is O=C(COc1ccc2ccccc2c1)Nc1nc(-c2ccc3ccccc3c2)cs1. The number of anilines is 1. The average Bonchev–Trinajstić information content (AvgIpc) is 3.25. The van der Waals surface area contributed by atoms with E-state index in [9.17, 15) is 4.79 Å². The molecule has 1 N–H and O–H groups in total. The third-order valence-electron chi connectivity index (χ3n) is 4.89. The van der Waals surface area contributed by atoms with Crippen LogP contribution < -0.4 is 10.1 Å². The first-order chi connectivity index (χ1) is 14.7. The molecule has 0 aliphatic heterocycles. The normalized spacial score (nSPS) is 10.9. The summed E-state index contributed by atoms with van der Waals surface area (Å²) in [4.78, 5) is 16.9. The molecule has 0 aliphatic rings. The quantitative estimate of drug-likeness (QED) is 0.379. The van der Waals surface area contributed by atoms with Gasteiger partial charge >= 0.3 is 0 Å². The van der Waals surface area contributed by atoms with E-state index >= 15 is 0 Å². The molecule has 4 aromatic carbocycles. The number of nitrogens with zero attached hydrogens (tertiary/aromatic N) is 1. The summed E-state index contributed by atoms with van der Waals surface area (Å²) in [5, 5.41) is 9.90. The molecule has 0 fully saturated rings. The Hall–Kier alpha value is -3.70. The largest absolute Gasteiger partial charge is 0.484 e. The summed E-state index contributed by atoms with van der Waals surface area (Å²) in [6.07, 6.45) is 0. The van der Waals surface area contributed by atoms with Gasteiger partial charge in [-0.05, 0) is 39.7 Å². The average molecular weight is 410 g/mol. The molecule has 5 heteroatoms. The number of benzene rings is 4. The number of hydrogen-bond acceptors (Lipinski definition) is 4. The molecule has 0 unspecified atom stereocenters. The molecule has 1 aromatic heterocycles. The van der Waals surface area contributed by atoms with Crippen molar-refractivity contribution in [3.63, 3.8) is 0 Å². The van der Waals surface area contributed by atoms with Gasteiger partial charge in [0.15, 0.2) is 11.7 Å². The van der Waals surface area contributed by atoms with E-state index in [0.717, 1.165) is 27.4 Å². The maximum atomic E-state index is 12.3. The minimum absolute atomic E-state index is 0.0662. The van der Waals surface area contributed by atoms with Gasteiger partial charge in [-0.25, -0.2) is 4.98 Å². The zero-order valence-electron chi connectivity index (χ0n) is 16.0. The summed E-state index contributed by atoms with van der Waals surface area (Å²) >= 11 is 1.40. The first kappa shape index (κ1) is 18.3. The monoisotopic (exact) mass is 410 g/mol. The summed E-state index contributed by atoms with van der Waals surface area (Å²) in [5.41, 5.74) is 1.87. The summed E-state index contributed by atoms with van der Waals surface area (Å²) in [6.45, 7) is -0.0662. The minimum Gasteiger partial charge on any atom is -0.484 e. The number of ether oxygens (including phenoxy) is 1. The standard InChI is InChI=1S/C25H18N2O2S/c28-24(15-29-22-12-11-18-6-2-4-8-20(18)14-22)27-25-26-23(16-30-25)21-10-9-17-5-1-3-7-19(17)13-21/h1-14,16H,15H2,(H,26,27,28). The van der Waals surface area contributed by atoms with Crippen molar-refractivity contribution in [2.45, 2.75) is 0 Å². The van der Waals surface area contributed by atoms with Gasteiger partial charge in [-0.15, -0.1) is 11.3 Å². The Labute approximate surface area is 177 Å². The molecule has 1 heterocycles. The summed E-state index contributed by atoms with van der Waals surface area (Å²) in [5.74, 6) is 0.433. The Bertz CT molecular complexity index is 1360. The summed E-state index contributed by atoms with van der Waals surface area (Å²) in [6, 6.07) is 28.3. The maximum absolute atomic E-state index is 12.3. The van der Waals surface area contributed by atoms with Crippen LogP contribution in [0.25, 0.3) is 32.8 Å². The van der Waals surface area contributed by atoms with Gasteiger partial charge in [-0.3, -0.25) is 10.1 Å². The number of fused-ring (bicyclic) bond motifs is 2. The maximum Gasteiger partial charge on any atom is 0.264 e. The molecule has 4 nitrogen and oxygen atoms in total. The lowest BCUT2D eigenvalue weighted by atomic mass is 10.1. The van der Waals surface area contributed by atoms with Gasteiger partial charge in [0.2, 0.25) is 0 Å². The minimum atomic E-state index is -0.234.